The summed E-state index contributed by atoms with van der Waals surface area (Å²) in [4.78, 5) is 26.8. The van der Waals surface area contributed by atoms with Gasteiger partial charge >= 0.3 is 6.18 Å². The van der Waals surface area contributed by atoms with Crippen molar-refractivity contribution in [2.75, 3.05) is 22.6 Å². The number of anilines is 3. The van der Waals surface area contributed by atoms with E-state index in [0.717, 1.165) is 12.3 Å². The first-order chi connectivity index (χ1) is 15.0. The summed E-state index contributed by atoms with van der Waals surface area (Å²) in [5, 5.41) is 6.20. The van der Waals surface area contributed by atoms with Crippen molar-refractivity contribution >= 4 is 23.4 Å². The molecule has 11 heteroatoms. The predicted molar refractivity (Wildman–Crippen MR) is 113 cm³/mol. The number of aromatic nitrogens is 3. The first-order valence-corrected chi connectivity index (χ1v) is 10.4. The van der Waals surface area contributed by atoms with E-state index in [9.17, 15) is 18.0 Å². The van der Waals surface area contributed by atoms with Gasteiger partial charge in [-0.25, -0.2) is 9.97 Å². The van der Waals surface area contributed by atoms with Crippen molar-refractivity contribution in [3.63, 3.8) is 0 Å². The minimum Gasteiger partial charge on any atom is -0.489 e. The van der Waals surface area contributed by atoms with E-state index in [2.05, 4.69) is 25.6 Å². The van der Waals surface area contributed by atoms with Crippen LogP contribution in [0.2, 0.25) is 0 Å². The van der Waals surface area contributed by atoms with Gasteiger partial charge in [-0.1, -0.05) is 13.8 Å². The largest absolute Gasteiger partial charge is 0.489 e. The van der Waals surface area contributed by atoms with Gasteiger partial charge in [0.1, 0.15) is 29.3 Å². The van der Waals surface area contributed by atoms with Crippen LogP contribution in [0, 0.1) is 12.8 Å². The fraction of sp³-hybridized carbons (Fsp3) is 0.524. The number of aryl methyl sites for hydroxylation is 1. The number of hydrogen-bond donors (Lipinski definition) is 2. The Kier molecular flexibility index (Phi) is 5.59. The molecule has 1 saturated carbocycles. The molecule has 1 fully saturated rings. The third-order valence-corrected chi connectivity index (χ3v) is 5.73. The Bertz CT molecular complexity index is 1010. The van der Waals surface area contributed by atoms with E-state index in [1.165, 1.54) is 6.07 Å². The number of pyridine rings is 1. The highest BCUT2D eigenvalue weighted by Crippen LogP contribution is 2.35. The maximum Gasteiger partial charge on any atom is 0.433 e. The maximum absolute atomic E-state index is 12.6. The second kappa shape index (κ2) is 8.10. The van der Waals surface area contributed by atoms with Crippen LogP contribution in [0.5, 0.6) is 5.75 Å². The van der Waals surface area contributed by atoms with Crippen LogP contribution in [0.25, 0.3) is 0 Å². The highest BCUT2D eigenvalue weighted by atomic mass is 19.4. The van der Waals surface area contributed by atoms with Crippen molar-refractivity contribution < 1.29 is 22.7 Å². The fourth-order valence-electron chi connectivity index (χ4n) is 4.05. The normalized spacial score (nSPS) is 22.8. The van der Waals surface area contributed by atoms with E-state index in [4.69, 9.17) is 4.74 Å². The summed E-state index contributed by atoms with van der Waals surface area (Å²) in [6.45, 7) is 5.79. The number of nitrogens with one attached hydrogen (secondary N) is 2. The third-order valence-electron chi connectivity index (χ3n) is 5.73. The second-order valence-corrected chi connectivity index (χ2v) is 8.55. The zero-order valence-corrected chi connectivity index (χ0v) is 18.2. The number of fused-ring (bicyclic) bond motifs is 1. The molecule has 0 bridgehead atoms. The van der Waals surface area contributed by atoms with Crippen molar-refractivity contribution in [3.8, 4) is 5.75 Å². The number of hydrogen-bond acceptors (Lipinski definition) is 7. The molecule has 2 aliphatic rings. The van der Waals surface area contributed by atoms with Crippen LogP contribution in [0.15, 0.2) is 18.3 Å². The molecule has 0 radical (unpaired) electrons. The van der Waals surface area contributed by atoms with Gasteiger partial charge in [0.25, 0.3) is 0 Å². The summed E-state index contributed by atoms with van der Waals surface area (Å²) in [7, 11) is 1.85. The summed E-state index contributed by atoms with van der Waals surface area (Å²) in [5.74, 6) is 1.48. The van der Waals surface area contributed by atoms with Gasteiger partial charge in [0.2, 0.25) is 11.9 Å². The molecule has 32 heavy (non-hydrogen) atoms. The second-order valence-electron chi connectivity index (χ2n) is 8.55. The van der Waals surface area contributed by atoms with Crippen LogP contribution in [0.3, 0.4) is 0 Å². The summed E-state index contributed by atoms with van der Waals surface area (Å²) in [5.41, 5.74) is 0.339. The Labute approximate surface area is 183 Å². The summed E-state index contributed by atoms with van der Waals surface area (Å²) in [6, 6.07) is 1.95. The zero-order chi connectivity index (χ0) is 23.2. The number of nitrogens with zero attached hydrogens (tertiary/aromatic N) is 4. The van der Waals surface area contributed by atoms with Crippen LogP contribution >= 0.6 is 0 Å². The predicted octanol–water partition coefficient (Wildman–Crippen LogP) is 3.63. The molecule has 172 valence electrons. The molecule has 1 aliphatic heterocycles. The highest BCUT2D eigenvalue weighted by Gasteiger charge is 2.37. The lowest BCUT2D eigenvalue weighted by atomic mass is 9.89. The van der Waals surface area contributed by atoms with Crippen LogP contribution < -0.4 is 20.3 Å². The minimum absolute atomic E-state index is 0.0702. The average molecular weight is 450 g/mol. The molecular weight excluding hydrogens is 425 g/mol. The number of carbonyl (C=O) groups excluding carboxylic acids is 1. The number of carbonyl (C=O) groups is 1. The van der Waals surface area contributed by atoms with Crippen molar-refractivity contribution in [2.45, 2.75) is 58.0 Å². The molecule has 0 unspecified atom stereocenters. The van der Waals surface area contributed by atoms with E-state index in [1.807, 2.05) is 32.7 Å². The standard InChI is InChI=1S/C21H25F3N6O2/c1-10(2)17-19(31)28-16-11(3)26-20(29-18(16)30(17)4)27-12-7-14(8-12)32-13-5-6-15(25-9-13)21(22,23)24/h5-6,9-10,12,14,17H,7-8H2,1-4H3,(H,28,31)(H,26,27,29)/t12-,14-,17-/m0/s1. The quantitative estimate of drug-likeness (QED) is 0.719. The lowest BCUT2D eigenvalue weighted by Gasteiger charge is -2.38. The Morgan fingerprint density at radius 1 is 1.25 bits per heavy atom. The molecule has 1 atom stereocenters. The van der Waals surface area contributed by atoms with Gasteiger partial charge in [-0.05, 0) is 25.0 Å². The molecule has 0 spiro atoms. The van der Waals surface area contributed by atoms with Gasteiger partial charge in [0, 0.05) is 25.9 Å². The van der Waals surface area contributed by atoms with E-state index in [1.54, 1.807) is 0 Å². The summed E-state index contributed by atoms with van der Waals surface area (Å²) < 4.78 is 43.5. The SMILES string of the molecule is Cc1nc(N[C@H]2C[C@H](Oc3ccc(C(F)(F)F)nc3)C2)nc2c1NC(=O)[C@H](C(C)C)N2C. The van der Waals surface area contributed by atoms with E-state index < -0.39 is 11.9 Å². The topological polar surface area (TPSA) is 92.3 Å². The van der Waals surface area contributed by atoms with Gasteiger partial charge in [-0.2, -0.15) is 18.2 Å². The van der Waals surface area contributed by atoms with Gasteiger partial charge in [-0.15, -0.1) is 0 Å². The molecule has 2 N–H and O–H groups in total. The van der Waals surface area contributed by atoms with Crippen molar-refractivity contribution in [3.05, 3.63) is 29.7 Å². The Hall–Kier alpha value is -3.11. The molecule has 8 nitrogen and oxygen atoms in total. The van der Waals surface area contributed by atoms with Crippen LogP contribution in [-0.4, -0.2) is 46.1 Å². The van der Waals surface area contributed by atoms with Gasteiger partial charge in [-0.3, -0.25) is 4.79 Å². The highest BCUT2D eigenvalue weighted by molar-refractivity contribution is 6.03. The molecule has 2 aromatic heterocycles. The fourth-order valence-corrected chi connectivity index (χ4v) is 4.05. The minimum atomic E-state index is -4.47. The Morgan fingerprint density at radius 3 is 2.56 bits per heavy atom. The molecule has 0 saturated heterocycles. The molecule has 1 amide bonds. The lowest BCUT2D eigenvalue weighted by Crippen LogP contribution is -2.50. The first kappa shape index (κ1) is 22.1. The van der Waals surface area contributed by atoms with Gasteiger partial charge < -0.3 is 20.3 Å². The van der Waals surface area contributed by atoms with Crippen molar-refractivity contribution in [2.24, 2.45) is 5.92 Å². The number of alkyl halides is 3. The summed E-state index contributed by atoms with van der Waals surface area (Å²) >= 11 is 0. The van der Waals surface area contributed by atoms with E-state index in [-0.39, 0.29) is 30.0 Å². The van der Waals surface area contributed by atoms with Crippen molar-refractivity contribution in [1.82, 2.24) is 15.0 Å². The Morgan fingerprint density at radius 2 is 1.97 bits per heavy atom. The van der Waals surface area contributed by atoms with Crippen molar-refractivity contribution in [1.29, 1.82) is 0 Å². The monoisotopic (exact) mass is 450 g/mol. The van der Waals surface area contributed by atoms with Gasteiger partial charge in [0.15, 0.2) is 5.82 Å². The maximum atomic E-state index is 12.6. The third kappa shape index (κ3) is 4.28. The van der Waals surface area contributed by atoms with Gasteiger partial charge in [0.05, 0.1) is 11.9 Å². The van der Waals surface area contributed by atoms with Crippen LogP contribution in [0.1, 0.15) is 38.1 Å². The van der Waals surface area contributed by atoms with Crippen LogP contribution in [-0.2, 0) is 11.0 Å². The average Bonchev–Trinajstić information content (AvgIpc) is 2.67. The molecule has 2 aromatic rings. The van der Waals surface area contributed by atoms with E-state index in [0.29, 0.717) is 41.7 Å². The number of rotatable bonds is 5. The molecular formula is C21H25F3N6O2. The lowest BCUT2D eigenvalue weighted by molar-refractivity contribution is -0.141. The molecule has 4 rings (SSSR count). The smallest absolute Gasteiger partial charge is 0.433 e. The molecule has 0 aromatic carbocycles. The number of likely N-dealkylation sites (N-methyl/N-ethyl adjacent to an activating group) is 1. The zero-order valence-electron chi connectivity index (χ0n) is 18.2. The number of ether oxygens (including phenoxy) is 1. The number of amides is 1. The molecule has 3 heterocycles. The van der Waals surface area contributed by atoms with E-state index >= 15 is 0 Å². The summed E-state index contributed by atoms with van der Waals surface area (Å²) in [6.07, 6.45) is -2.20. The Balaban J connectivity index is 1.37. The first-order valence-electron chi connectivity index (χ1n) is 10.4. The molecule has 1 aliphatic carbocycles. The number of halogens is 3. The van der Waals surface area contributed by atoms with Crippen LogP contribution in [0.4, 0.5) is 30.6 Å².